The van der Waals surface area contributed by atoms with Crippen molar-refractivity contribution in [2.75, 3.05) is 6.61 Å². The van der Waals surface area contributed by atoms with E-state index < -0.39 is 0 Å². The second kappa shape index (κ2) is 7.18. The van der Waals surface area contributed by atoms with Crippen LogP contribution >= 0.6 is 11.3 Å². The van der Waals surface area contributed by atoms with Crippen LogP contribution in [0, 0.1) is 0 Å². The van der Waals surface area contributed by atoms with Gasteiger partial charge in [-0.15, -0.1) is 11.3 Å². The number of hydrogen-bond acceptors (Lipinski definition) is 4. The van der Waals surface area contributed by atoms with Crippen LogP contribution in [-0.4, -0.2) is 18.4 Å². The lowest BCUT2D eigenvalue weighted by Crippen LogP contribution is -2.09. The molecule has 1 aromatic heterocycles. The van der Waals surface area contributed by atoms with Gasteiger partial charge in [0.15, 0.2) is 5.78 Å². The molecule has 2 aromatic rings. The summed E-state index contributed by atoms with van der Waals surface area (Å²) < 4.78 is 5.02. The van der Waals surface area contributed by atoms with Crippen LogP contribution in [0.15, 0.2) is 35.7 Å². The molecule has 2 rings (SSSR count). The average molecular weight is 302 g/mol. The van der Waals surface area contributed by atoms with Crippen molar-refractivity contribution < 1.29 is 14.3 Å². The molecule has 0 N–H and O–H groups in total. The Hall–Kier alpha value is -1.94. The molecule has 0 aliphatic heterocycles. The first-order chi connectivity index (χ1) is 10.2. The Kier molecular flexibility index (Phi) is 5.28. The normalized spacial score (nSPS) is 10.4. The molecule has 110 valence electrons. The van der Waals surface area contributed by atoms with Gasteiger partial charge in [-0.3, -0.25) is 9.59 Å². The number of carbonyl (C=O) groups is 2. The van der Waals surface area contributed by atoms with E-state index in [2.05, 4.69) is 0 Å². The SMILES string of the molecule is CCOC(=O)Cc1cc(C(=O)CC)ccc1-c1cccs1. The second-order valence-corrected chi connectivity index (χ2v) is 5.56. The van der Waals surface area contributed by atoms with E-state index in [-0.39, 0.29) is 18.2 Å². The van der Waals surface area contributed by atoms with Crippen LogP contribution < -0.4 is 0 Å². The van der Waals surface area contributed by atoms with E-state index in [1.165, 1.54) is 0 Å². The fourth-order valence-electron chi connectivity index (χ4n) is 2.16. The third-order valence-corrected chi connectivity index (χ3v) is 4.08. The Bertz CT molecular complexity index is 629. The number of carbonyl (C=O) groups excluding carboxylic acids is 2. The summed E-state index contributed by atoms with van der Waals surface area (Å²) in [4.78, 5) is 24.7. The highest BCUT2D eigenvalue weighted by molar-refractivity contribution is 7.13. The molecule has 0 bridgehead atoms. The minimum Gasteiger partial charge on any atom is -0.466 e. The molecule has 0 saturated heterocycles. The molecule has 0 saturated carbocycles. The van der Waals surface area contributed by atoms with Crippen LogP contribution in [0.1, 0.15) is 36.2 Å². The summed E-state index contributed by atoms with van der Waals surface area (Å²) >= 11 is 1.61. The summed E-state index contributed by atoms with van der Waals surface area (Å²) in [6.45, 7) is 3.98. The molecule has 0 atom stereocenters. The summed E-state index contributed by atoms with van der Waals surface area (Å²) in [7, 11) is 0. The van der Waals surface area contributed by atoms with Crippen LogP contribution in [0.4, 0.5) is 0 Å². The smallest absolute Gasteiger partial charge is 0.310 e. The average Bonchev–Trinajstić information content (AvgIpc) is 3.00. The number of ether oxygens (including phenoxy) is 1. The van der Waals surface area contributed by atoms with E-state index in [1.54, 1.807) is 18.3 Å². The van der Waals surface area contributed by atoms with Gasteiger partial charge in [0.05, 0.1) is 13.0 Å². The van der Waals surface area contributed by atoms with Crippen molar-refractivity contribution in [1.29, 1.82) is 0 Å². The lowest BCUT2D eigenvalue weighted by Gasteiger charge is -2.10. The van der Waals surface area contributed by atoms with Crippen molar-refractivity contribution in [3.63, 3.8) is 0 Å². The highest BCUT2D eigenvalue weighted by Gasteiger charge is 2.14. The molecule has 0 amide bonds. The molecular formula is C17H18O3S. The van der Waals surface area contributed by atoms with E-state index >= 15 is 0 Å². The van der Waals surface area contributed by atoms with Gasteiger partial charge in [0.25, 0.3) is 0 Å². The number of ketones is 1. The van der Waals surface area contributed by atoms with E-state index in [9.17, 15) is 9.59 Å². The number of thiophene rings is 1. The monoisotopic (exact) mass is 302 g/mol. The fourth-order valence-corrected chi connectivity index (χ4v) is 2.94. The zero-order valence-electron chi connectivity index (χ0n) is 12.2. The van der Waals surface area contributed by atoms with Gasteiger partial charge < -0.3 is 4.74 Å². The standard InChI is InChI=1S/C17H18O3S/c1-3-15(18)12-7-8-14(16-6-5-9-21-16)13(10-12)11-17(19)20-4-2/h5-10H,3-4,11H2,1-2H3. The summed E-state index contributed by atoms with van der Waals surface area (Å²) in [6, 6.07) is 9.55. The largest absolute Gasteiger partial charge is 0.466 e. The van der Waals surface area contributed by atoms with Crippen LogP contribution in [0.2, 0.25) is 0 Å². The van der Waals surface area contributed by atoms with Crippen LogP contribution in [-0.2, 0) is 16.0 Å². The first-order valence-electron chi connectivity index (χ1n) is 7.01. The summed E-state index contributed by atoms with van der Waals surface area (Å²) in [5.41, 5.74) is 2.48. The Balaban J connectivity index is 2.40. The maximum atomic E-state index is 11.9. The van der Waals surface area contributed by atoms with E-state index in [1.807, 2.05) is 42.6 Å². The topological polar surface area (TPSA) is 43.4 Å². The Morgan fingerprint density at radius 3 is 2.62 bits per heavy atom. The highest BCUT2D eigenvalue weighted by Crippen LogP contribution is 2.29. The minimum absolute atomic E-state index is 0.0813. The van der Waals surface area contributed by atoms with Crippen LogP contribution in [0.5, 0.6) is 0 Å². The predicted molar refractivity (Wildman–Crippen MR) is 84.7 cm³/mol. The second-order valence-electron chi connectivity index (χ2n) is 4.61. The number of esters is 1. The third-order valence-electron chi connectivity index (χ3n) is 3.18. The molecule has 0 radical (unpaired) electrons. The molecule has 4 heteroatoms. The van der Waals surface area contributed by atoms with Crippen LogP contribution in [0.25, 0.3) is 10.4 Å². The summed E-state index contributed by atoms with van der Waals surface area (Å²) in [5.74, 6) is -0.186. The highest BCUT2D eigenvalue weighted by atomic mass is 32.1. The van der Waals surface area contributed by atoms with Crippen molar-refractivity contribution in [2.24, 2.45) is 0 Å². The van der Waals surface area contributed by atoms with Crippen molar-refractivity contribution in [3.8, 4) is 10.4 Å². The molecule has 0 aliphatic rings. The lowest BCUT2D eigenvalue weighted by atomic mass is 9.97. The van der Waals surface area contributed by atoms with E-state index in [0.29, 0.717) is 18.6 Å². The molecule has 21 heavy (non-hydrogen) atoms. The summed E-state index contributed by atoms with van der Waals surface area (Å²) in [6.07, 6.45) is 0.642. The minimum atomic E-state index is -0.267. The quantitative estimate of drug-likeness (QED) is 0.595. The van der Waals surface area contributed by atoms with Gasteiger partial charge in [-0.1, -0.05) is 25.1 Å². The zero-order valence-corrected chi connectivity index (χ0v) is 13.0. The Morgan fingerprint density at radius 1 is 1.19 bits per heavy atom. The van der Waals surface area contributed by atoms with Crippen molar-refractivity contribution >= 4 is 23.1 Å². The zero-order chi connectivity index (χ0) is 15.2. The number of rotatable bonds is 6. The molecular weight excluding hydrogens is 284 g/mol. The molecule has 0 unspecified atom stereocenters. The van der Waals surface area contributed by atoms with Gasteiger partial charge in [-0.05, 0) is 35.6 Å². The third kappa shape index (κ3) is 3.79. The number of hydrogen-bond donors (Lipinski definition) is 0. The number of Topliss-reactive ketones (excluding diaryl/α,β-unsaturated/α-hetero) is 1. The first-order valence-corrected chi connectivity index (χ1v) is 7.89. The van der Waals surface area contributed by atoms with Crippen molar-refractivity contribution in [2.45, 2.75) is 26.7 Å². The predicted octanol–water partition coefficient (Wildman–Crippen LogP) is 4.11. The maximum Gasteiger partial charge on any atom is 0.310 e. The van der Waals surface area contributed by atoms with Gasteiger partial charge >= 0.3 is 5.97 Å². The van der Waals surface area contributed by atoms with Gasteiger partial charge in [0.2, 0.25) is 0 Å². The fraction of sp³-hybridized carbons (Fsp3) is 0.294. The van der Waals surface area contributed by atoms with Crippen LogP contribution in [0.3, 0.4) is 0 Å². The molecule has 1 aromatic carbocycles. The maximum absolute atomic E-state index is 11.9. The molecule has 1 heterocycles. The van der Waals surface area contributed by atoms with Crippen molar-refractivity contribution in [3.05, 3.63) is 46.8 Å². The van der Waals surface area contributed by atoms with E-state index in [0.717, 1.165) is 16.0 Å². The van der Waals surface area contributed by atoms with Crippen molar-refractivity contribution in [1.82, 2.24) is 0 Å². The van der Waals surface area contributed by atoms with Gasteiger partial charge in [0.1, 0.15) is 0 Å². The lowest BCUT2D eigenvalue weighted by molar-refractivity contribution is -0.142. The van der Waals surface area contributed by atoms with Gasteiger partial charge in [0, 0.05) is 16.9 Å². The molecule has 3 nitrogen and oxygen atoms in total. The molecule has 0 fully saturated rings. The first kappa shape index (κ1) is 15.4. The molecule has 0 spiro atoms. The Labute approximate surface area is 128 Å². The van der Waals surface area contributed by atoms with Gasteiger partial charge in [-0.25, -0.2) is 0 Å². The Morgan fingerprint density at radius 2 is 2.00 bits per heavy atom. The summed E-state index contributed by atoms with van der Waals surface area (Å²) in [5, 5.41) is 1.99. The van der Waals surface area contributed by atoms with E-state index in [4.69, 9.17) is 4.74 Å². The number of benzene rings is 1. The van der Waals surface area contributed by atoms with Gasteiger partial charge in [-0.2, -0.15) is 0 Å². The molecule has 0 aliphatic carbocycles.